The lowest BCUT2D eigenvalue weighted by Crippen LogP contribution is -2.44. The summed E-state index contributed by atoms with van der Waals surface area (Å²) in [7, 11) is 0. The van der Waals surface area contributed by atoms with Crippen LogP contribution < -0.4 is 0 Å². The van der Waals surface area contributed by atoms with Crippen molar-refractivity contribution in [3.8, 4) is 0 Å². The number of halogens is 1. The first kappa shape index (κ1) is 11.8. The molecule has 0 radical (unpaired) electrons. The molecule has 82 valence electrons. The van der Waals surface area contributed by atoms with Gasteiger partial charge in [-0.05, 0) is 32.1 Å². The summed E-state index contributed by atoms with van der Waals surface area (Å²) in [5, 5.41) is 0. The number of hydrogen-bond acceptors (Lipinski definition) is 1. The van der Waals surface area contributed by atoms with Crippen LogP contribution in [0.5, 0.6) is 0 Å². The number of amides is 1. The Morgan fingerprint density at radius 2 is 2.14 bits per heavy atom. The van der Waals surface area contributed by atoms with Crippen molar-refractivity contribution in [2.24, 2.45) is 5.92 Å². The zero-order chi connectivity index (χ0) is 10.6. The van der Waals surface area contributed by atoms with Crippen molar-refractivity contribution >= 4 is 17.5 Å². The fourth-order valence-electron chi connectivity index (χ4n) is 2.00. The Bertz CT molecular complexity index is 196. The number of likely N-dealkylation sites (tertiary alicyclic amines) is 1. The Morgan fingerprint density at radius 1 is 1.43 bits per heavy atom. The molecule has 2 atom stereocenters. The largest absolute Gasteiger partial charge is 0.340 e. The molecule has 14 heavy (non-hydrogen) atoms. The Labute approximate surface area is 91.6 Å². The van der Waals surface area contributed by atoms with Gasteiger partial charge in [-0.3, -0.25) is 4.79 Å². The lowest BCUT2D eigenvalue weighted by molar-refractivity contribution is -0.135. The molecule has 0 bridgehead atoms. The molecule has 1 aliphatic rings. The zero-order valence-corrected chi connectivity index (χ0v) is 9.89. The molecule has 0 aromatic rings. The van der Waals surface area contributed by atoms with Crippen molar-refractivity contribution in [1.82, 2.24) is 4.90 Å². The van der Waals surface area contributed by atoms with E-state index in [1.807, 2.05) is 4.90 Å². The summed E-state index contributed by atoms with van der Waals surface area (Å²) in [5.41, 5.74) is 0. The van der Waals surface area contributed by atoms with Gasteiger partial charge < -0.3 is 4.90 Å². The normalized spacial score (nSPS) is 27.8. The van der Waals surface area contributed by atoms with Gasteiger partial charge in [0.2, 0.25) is 5.91 Å². The molecule has 0 aliphatic carbocycles. The number of nitrogens with zero attached hydrogens (tertiary/aromatic N) is 1. The highest BCUT2D eigenvalue weighted by Gasteiger charge is 2.25. The monoisotopic (exact) mass is 217 g/mol. The van der Waals surface area contributed by atoms with Gasteiger partial charge in [0.05, 0.1) is 0 Å². The van der Waals surface area contributed by atoms with Crippen LogP contribution in [0.25, 0.3) is 0 Å². The number of alkyl halides is 1. The number of piperidine rings is 1. The molecular formula is C11H20ClNO. The van der Waals surface area contributed by atoms with Crippen LogP contribution in [0.2, 0.25) is 0 Å². The van der Waals surface area contributed by atoms with E-state index in [0.717, 1.165) is 19.4 Å². The Morgan fingerprint density at radius 3 is 2.79 bits per heavy atom. The summed E-state index contributed by atoms with van der Waals surface area (Å²) in [6.07, 6.45) is 3.81. The summed E-state index contributed by atoms with van der Waals surface area (Å²) in [4.78, 5) is 13.8. The van der Waals surface area contributed by atoms with Crippen LogP contribution in [-0.4, -0.2) is 29.3 Å². The fraction of sp³-hybridized carbons (Fsp3) is 0.909. The molecule has 1 saturated heterocycles. The van der Waals surface area contributed by atoms with Crippen LogP contribution in [0.3, 0.4) is 0 Å². The highest BCUT2D eigenvalue weighted by Crippen LogP contribution is 2.22. The van der Waals surface area contributed by atoms with E-state index in [9.17, 15) is 4.79 Å². The number of rotatable bonds is 3. The molecular weight excluding hydrogens is 198 g/mol. The average Bonchev–Trinajstić information content (AvgIpc) is 2.18. The molecule has 1 amide bonds. The predicted octanol–water partition coefficient (Wildman–Crippen LogP) is 2.65. The van der Waals surface area contributed by atoms with Crippen molar-refractivity contribution in [2.75, 3.05) is 12.4 Å². The second kappa shape index (κ2) is 5.59. The van der Waals surface area contributed by atoms with Crippen molar-refractivity contribution in [3.05, 3.63) is 0 Å². The molecule has 0 spiro atoms. The molecule has 0 saturated carbocycles. The van der Waals surface area contributed by atoms with E-state index >= 15 is 0 Å². The van der Waals surface area contributed by atoms with Crippen LogP contribution in [0.4, 0.5) is 0 Å². The third-order valence-electron chi connectivity index (χ3n) is 2.96. The summed E-state index contributed by atoms with van der Waals surface area (Å²) in [6, 6.07) is 0.425. The first-order chi connectivity index (χ1) is 6.65. The van der Waals surface area contributed by atoms with Gasteiger partial charge in [0.25, 0.3) is 0 Å². The fourth-order valence-corrected chi connectivity index (χ4v) is 2.13. The molecule has 1 fully saturated rings. The van der Waals surface area contributed by atoms with Crippen LogP contribution in [0.1, 0.15) is 39.5 Å². The summed E-state index contributed by atoms with van der Waals surface area (Å²) < 4.78 is 0. The van der Waals surface area contributed by atoms with E-state index in [4.69, 9.17) is 11.6 Å². The van der Waals surface area contributed by atoms with Crippen LogP contribution >= 0.6 is 11.6 Å². The maximum atomic E-state index is 11.8. The van der Waals surface area contributed by atoms with Crippen LogP contribution in [0.15, 0.2) is 0 Å². The van der Waals surface area contributed by atoms with Crippen molar-refractivity contribution in [1.29, 1.82) is 0 Å². The summed E-state index contributed by atoms with van der Waals surface area (Å²) in [5.74, 6) is 1.53. The van der Waals surface area contributed by atoms with Crippen LogP contribution in [0, 0.1) is 5.92 Å². The first-order valence-corrected chi connectivity index (χ1v) is 6.04. The third-order valence-corrected chi connectivity index (χ3v) is 3.23. The molecule has 0 aromatic heterocycles. The molecule has 2 nitrogen and oxygen atoms in total. The zero-order valence-electron chi connectivity index (χ0n) is 9.13. The molecule has 1 heterocycles. The Kier molecular flexibility index (Phi) is 4.73. The van der Waals surface area contributed by atoms with Crippen molar-refractivity contribution < 1.29 is 4.79 Å². The standard InChI is InChI=1S/C11H20ClNO/c1-9-5-6-10(2)13(8-9)11(14)4-3-7-12/h9-10H,3-8H2,1-2H3. The minimum Gasteiger partial charge on any atom is -0.340 e. The van der Waals surface area contributed by atoms with Crippen LogP contribution in [-0.2, 0) is 4.79 Å². The third kappa shape index (κ3) is 3.16. The second-order valence-electron chi connectivity index (χ2n) is 4.37. The van der Waals surface area contributed by atoms with E-state index in [1.165, 1.54) is 6.42 Å². The van der Waals surface area contributed by atoms with Gasteiger partial charge in [-0.1, -0.05) is 6.92 Å². The topological polar surface area (TPSA) is 20.3 Å². The molecule has 0 aromatic carbocycles. The lowest BCUT2D eigenvalue weighted by atomic mass is 9.95. The van der Waals surface area contributed by atoms with E-state index in [1.54, 1.807) is 0 Å². The first-order valence-electron chi connectivity index (χ1n) is 5.50. The summed E-state index contributed by atoms with van der Waals surface area (Å²) in [6.45, 7) is 5.29. The maximum absolute atomic E-state index is 11.8. The van der Waals surface area contributed by atoms with E-state index < -0.39 is 0 Å². The average molecular weight is 218 g/mol. The smallest absolute Gasteiger partial charge is 0.222 e. The Balaban J connectivity index is 2.43. The predicted molar refractivity (Wildman–Crippen MR) is 59.5 cm³/mol. The van der Waals surface area contributed by atoms with Gasteiger partial charge >= 0.3 is 0 Å². The molecule has 3 heteroatoms. The number of carbonyl (C=O) groups is 1. The van der Waals surface area contributed by atoms with Gasteiger partial charge in [0.15, 0.2) is 0 Å². The van der Waals surface area contributed by atoms with Gasteiger partial charge in [0, 0.05) is 24.9 Å². The van der Waals surface area contributed by atoms with Gasteiger partial charge in [-0.25, -0.2) is 0 Å². The molecule has 0 N–H and O–H groups in total. The maximum Gasteiger partial charge on any atom is 0.222 e. The van der Waals surface area contributed by atoms with Crippen molar-refractivity contribution in [2.45, 2.75) is 45.6 Å². The minimum absolute atomic E-state index is 0.282. The number of carbonyl (C=O) groups excluding carboxylic acids is 1. The van der Waals surface area contributed by atoms with Gasteiger partial charge in [0.1, 0.15) is 0 Å². The quantitative estimate of drug-likeness (QED) is 0.666. The highest BCUT2D eigenvalue weighted by atomic mass is 35.5. The van der Waals surface area contributed by atoms with Gasteiger partial charge in [-0.15, -0.1) is 11.6 Å². The lowest BCUT2D eigenvalue weighted by Gasteiger charge is -2.36. The van der Waals surface area contributed by atoms with Gasteiger partial charge in [-0.2, -0.15) is 0 Å². The second-order valence-corrected chi connectivity index (χ2v) is 4.75. The number of hydrogen-bond donors (Lipinski definition) is 0. The molecule has 2 unspecified atom stereocenters. The van der Waals surface area contributed by atoms with E-state index in [0.29, 0.717) is 24.3 Å². The minimum atomic E-state index is 0.282. The SMILES string of the molecule is CC1CCC(C)N(C(=O)CCCCl)C1. The summed E-state index contributed by atoms with van der Waals surface area (Å²) >= 11 is 5.58. The molecule has 1 aliphatic heterocycles. The van der Waals surface area contributed by atoms with E-state index in [-0.39, 0.29) is 5.91 Å². The molecule has 1 rings (SSSR count). The highest BCUT2D eigenvalue weighted by molar-refractivity contribution is 6.17. The van der Waals surface area contributed by atoms with Crippen molar-refractivity contribution in [3.63, 3.8) is 0 Å². The Hall–Kier alpha value is -0.240. The van der Waals surface area contributed by atoms with E-state index in [2.05, 4.69) is 13.8 Å².